The summed E-state index contributed by atoms with van der Waals surface area (Å²) < 4.78 is 34.6. The highest BCUT2D eigenvalue weighted by molar-refractivity contribution is 5.93. The average molecular weight is 694 g/mol. The van der Waals surface area contributed by atoms with Gasteiger partial charge in [0.2, 0.25) is 5.82 Å². The summed E-state index contributed by atoms with van der Waals surface area (Å²) in [6.45, 7) is 2.99. The number of hydrogen-bond donors (Lipinski definition) is 2. The van der Waals surface area contributed by atoms with Gasteiger partial charge >= 0.3 is 11.9 Å². The van der Waals surface area contributed by atoms with Gasteiger partial charge in [-0.3, -0.25) is 0 Å². The van der Waals surface area contributed by atoms with Crippen LogP contribution >= 0.6 is 0 Å². The Morgan fingerprint density at radius 3 is 2.49 bits per heavy atom. The fraction of sp³-hybridized carbons (Fsp3) is 0.325. The highest BCUT2D eigenvalue weighted by Gasteiger charge is 2.35. The van der Waals surface area contributed by atoms with E-state index in [9.17, 15) is 9.59 Å². The van der Waals surface area contributed by atoms with E-state index in [2.05, 4.69) is 27.4 Å². The van der Waals surface area contributed by atoms with Crippen LogP contribution in [0.25, 0.3) is 11.0 Å². The third-order valence-corrected chi connectivity index (χ3v) is 8.84. The number of H-pyrrole nitrogens is 1. The number of para-hydroxylation sites is 2. The van der Waals surface area contributed by atoms with Gasteiger partial charge in [0, 0.05) is 30.0 Å². The van der Waals surface area contributed by atoms with Crippen molar-refractivity contribution >= 4 is 23.0 Å². The summed E-state index contributed by atoms with van der Waals surface area (Å²) in [5.74, 6) is 0.465. The lowest BCUT2D eigenvalue weighted by Gasteiger charge is -2.34. The van der Waals surface area contributed by atoms with Gasteiger partial charge in [-0.2, -0.15) is 0 Å². The third-order valence-electron chi connectivity index (χ3n) is 8.84. The number of fused-ring (bicyclic) bond motifs is 1. The molecule has 2 heterocycles. The maximum atomic E-state index is 13.9. The highest BCUT2D eigenvalue weighted by Crippen LogP contribution is 2.35. The maximum Gasteiger partial charge on any atom is 0.374 e. The van der Waals surface area contributed by atoms with Gasteiger partial charge in [-0.15, -0.1) is 0 Å². The first-order valence-corrected chi connectivity index (χ1v) is 17.1. The number of nitrogens with zero attached hydrogens (tertiary/aromatic N) is 1. The number of benzene rings is 4. The topological polar surface area (TPSA) is 130 Å². The van der Waals surface area contributed by atoms with E-state index in [1.807, 2.05) is 66.7 Å². The van der Waals surface area contributed by atoms with Crippen LogP contribution in [0.4, 0.5) is 0 Å². The van der Waals surface area contributed by atoms with Gasteiger partial charge in [-0.1, -0.05) is 72.8 Å². The van der Waals surface area contributed by atoms with Crippen molar-refractivity contribution in [3.05, 3.63) is 125 Å². The zero-order valence-electron chi connectivity index (χ0n) is 28.8. The molecular formula is C40H43N3O8. The molecule has 1 aliphatic rings. The fourth-order valence-corrected chi connectivity index (χ4v) is 6.22. The van der Waals surface area contributed by atoms with Crippen molar-refractivity contribution in [1.29, 1.82) is 0 Å². The molecule has 3 atom stereocenters. The third kappa shape index (κ3) is 9.12. The monoisotopic (exact) mass is 693 g/mol. The van der Waals surface area contributed by atoms with Gasteiger partial charge in [-0.25, -0.2) is 14.6 Å². The highest BCUT2D eigenvalue weighted by atomic mass is 16.6. The molecule has 2 N–H and O–H groups in total. The summed E-state index contributed by atoms with van der Waals surface area (Å²) >= 11 is 0. The average Bonchev–Trinajstić information content (AvgIpc) is 3.63. The molecule has 11 heteroatoms. The number of hydrogen-bond acceptors (Lipinski definition) is 10. The van der Waals surface area contributed by atoms with Crippen molar-refractivity contribution < 1.29 is 38.0 Å². The van der Waals surface area contributed by atoms with E-state index < -0.39 is 18.0 Å². The minimum atomic E-state index is -1.11. The molecule has 6 rings (SSSR count). The van der Waals surface area contributed by atoms with Crippen LogP contribution in [0, 0.1) is 0 Å². The number of carbonyl (C=O) groups excluding carboxylic acids is 2. The molecule has 266 valence electrons. The summed E-state index contributed by atoms with van der Waals surface area (Å²) in [5, 5.41) is 3.42. The Morgan fingerprint density at radius 1 is 0.882 bits per heavy atom. The van der Waals surface area contributed by atoms with Crippen LogP contribution in [0.3, 0.4) is 0 Å². The first-order valence-electron chi connectivity index (χ1n) is 17.1. The van der Waals surface area contributed by atoms with E-state index in [0.29, 0.717) is 43.0 Å². The second-order valence-corrected chi connectivity index (χ2v) is 12.2. The molecule has 0 spiro atoms. The van der Waals surface area contributed by atoms with E-state index in [4.69, 9.17) is 28.4 Å². The van der Waals surface area contributed by atoms with Gasteiger partial charge in [0.15, 0.2) is 6.10 Å². The number of carbonyl (C=O) groups is 2. The van der Waals surface area contributed by atoms with E-state index in [1.54, 1.807) is 25.3 Å². The van der Waals surface area contributed by atoms with E-state index >= 15 is 0 Å². The Morgan fingerprint density at radius 2 is 1.69 bits per heavy atom. The predicted molar refractivity (Wildman–Crippen MR) is 191 cm³/mol. The van der Waals surface area contributed by atoms with Gasteiger partial charge < -0.3 is 38.7 Å². The summed E-state index contributed by atoms with van der Waals surface area (Å²) in [6.07, 6.45) is 0.0762. The molecule has 1 fully saturated rings. The van der Waals surface area contributed by atoms with E-state index in [0.717, 1.165) is 47.6 Å². The Labute approximate surface area is 297 Å². The van der Waals surface area contributed by atoms with Crippen LogP contribution in [0.2, 0.25) is 0 Å². The number of rotatable bonds is 16. The zero-order chi connectivity index (χ0) is 35.4. The summed E-state index contributed by atoms with van der Waals surface area (Å²) in [4.78, 5) is 33.6. The molecule has 3 unspecified atom stereocenters. The number of aromatic nitrogens is 2. The smallest absolute Gasteiger partial charge is 0.374 e. The minimum Gasteiger partial charge on any atom is -0.496 e. The predicted octanol–water partition coefficient (Wildman–Crippen LogP) is 6.29. The molecule has 1 aromatic heterocycles. The SMILES string of the molecule is COC(=O)c1nc2c(C(OC3CNCCC3c3ccc(OCCCOCc4ccccc4OC)cc3)C(=O)OCc3ccccc3)cccc2[nH]1. The first kappa shape index (κ1) is 35.6. The Balaban J connectivity index is 1.12. The van der Waals surface area contributed by atoms with Crippen LogP contribution in [0.5, 0.6) is 11.5 Å². The molecule has 0 aliphatic carbocycles. The van der Waals surface area contributed by atoms with Crippen molar-refractivity contribution in [2.75, 3.05) is 40.5 Å². The van der Waals surface area contributed by atoms with Crippen LogP contribution in [-0.2, 0) is 37.0 Å². The molecule has 4 aromatic carbocycles. The number of methoxy groups -OCH3 is 2. The standard InChI is InChI=1S/C40H43N3O8/c1-46-34-15-7-6-12-29(34)26-48-22-9-23-49-30-18-16-28(17-19-30)31-20-21-41-24-35(31)51-37(39(44)50-25-27-10-4-3-5-11-27)32-13-8-14-33-36(32)43-38(42-33)40(45)47-2/h3-8,10-19,31,35,37,41H,9,20-26H2,1-2H3,(H,42,43). The van der Waals surface area contributed by atoms with Crippen LogP contribution < -0.4 is 14.8 Å². The van der Waals surface area contributed by atoms with E-state index in [1.165, 1.54) is 7.11 Å². The van der Waals surface area contributed by atoms with Gasteiger partial charge in [0.05, 0.1) is 51.2 Å². The molecule has 1 saturated heterocycles. The number of piperidine rings is 1. The number of ether oxygens (including phenoxy) is 6. The molecule has 1 aliphatic heterocycles. The quantitative estimate of drug-likeness (QED) is 0.0899. The molecule has 5 aromatic rings. The van der Waals surface area contributed by atoms with E-state index in [-0.39, 0.29) is 24.5 Å². The Bertz CT molecular complexity index is 1880. The summed E-state index contributed by atoms with van der Waals surface area (Å²) in [6, 6.07) is 30.7. The summed E-state index contributed by atoms with van der Waals surface area (Å²) in [7, 11) is 2.95. The molecule has 0 amide bonds. The van der Waals surface area contributed by atoms with Crippen molar-refractivity contribution in [1.82, 2.24) is 15.3 Å². The second-order valence-electron chi connectivity index (χ2n) is 12.2. The van der Waals surface area contributed by atoms with Crippen molar-refractivity contribution in [3.63, 3.8) is 0 Å². The van der Waals surface area contributed by atoms with Crippen molar-refractivity contribution in [2.24, 2.45) is 0 Å². The van der Waals surface area contributed by atoms with Gasteiger partial charge in [0.1, 0.15) is 18.1 Å². The number of aromatic amines is 1. The fourth-order valence-electron chi connectivity index (χ4n) is 6.22. The number of imidazole rings is 1. The Kier molecular flexibility index (Phi) is 12.3. The number of esters is 2. The van der Waals surface area contributed by atoms with Crippen LogP contribution in [0.1, 0.15) is 57.7 Å². The van der Waals surface area contributed by atoms with Crippen LogP contribution in [-0.4, -0.2) is 68.5 Å². The first-order chi connectivity index (χ1) is 25.0. The lowest BCUT2D eigenvalue weighted by Crippen LogP contribution is -2.42. The largest absolute Gasteiger partial charge is 0.496 e. The minimum absolute atomic E-state index is 0.00267. The van der Waals surface area contributed by atoms with Crippen molar-refractivity contribution in [3.8, 4) is 11.5 Å². The summed E-state index contributed by atoms with van der Waals surface area (Å²) in [5.41, 5.74) is 4.46. The molecular weight excluding hydrogens is 650 g/mol. The molecule has 0 bridgehead atoms. The van der Waals surface area contributed by atoms with Gasteiger partial charge in [-0.05, 0) is 48.4 Å². The Hall–Kier alpha value is -5.23. The molecule has 11 nitrogen and oxygen atoms in total. The number of nitrogens with one attached hydrogen (secondary N) is 2. The van der Waals surface area contributed by atoms with Crippen molar-refractivity contribution in [2.45, 2.75) is 44.2 Å². The zero-order valence-corrected chi connectivity index (χ0v) is 28.8. The maximum absolute atomic E-state index is 13.9. The lowest BCUT2D eigenvalue weighted by atomic mass is 9.87. The van der Waals surface area contributed by atoms with Crippen LogP contribution in [0.15, 0.2) is 97.1 Å². The lowest BCUT2D eigenvalue weighted by molar-refractivity contribution is -0.164. The molecule has 0 radical (unpaired) electrons. The van der Waals surface area contributed by atoms with Gasteiger partial charge in [0.25, 0.3) is 0 Å². The molecule has 51 heavy (non-hydrogen) atoms. The normalized spacial score (nSPS) is 16.4. The second kappa shape index (κ2) is 17.6. The molecule has 0 saturated carbocycles.